The molecule has 3 aromatic heterocycles. The third kappa shape index (κ3) is 4.52. The van der Waals surface area contributed by atoms with Crippen LogP contribution in [0.1, 0.15) is 34.0 Å². The monoisotopic (exact) mass is 475 g/mol. The van der Waals surface area contributed by atoms with Gasteiger partial charge in [-0.05, 0) is 49.8 Å². The van der Waals surface area contributed by atoms with Gasteiger partial charge in [0.2, 0.25) is 10.1 Å². The van der Waals surface area contributed by atoms with Crippen LogP contribution >= 0.6 is 11.3 Å². The molecule has 0 aromatic carbocycles. The molecule has 172 valence electrons. The molecule has 2 aliphatic rings. The van der Waals surface area contributed by atoms with Gasteiger partial charge in [0.15, 0.2) is 5.82 Å². The van der Waals surface area contributed by atoms with Crippen LogP contribution in [0, 0.1) is 18.8 Å². The molecular formula is C21H20F3N7OS. The molecular weight excluding hydrogens is 455 g/mol. The maximum absolute atomic E-state index is 13.7. The lowest BCUT2D eigenvalue weighted by atomic mass is 10.0. The molecule has 5 rings (SSSR count). The van der Waals surface area contributed by atoms with E-state index >= 15 is 0 Å². The number of nitrogens with one attached hydrogen (secondary N) is 1. The lowest BCUT2D eigenvalue weighted by Crippen LogP contribution is -2.48. The number of rotatable bonds is 5. The smallest absolute Gasteiger partial charge is 0.358 e. The Morgan fingerprint density at radius 1 is 1.18 bits per heavy atom. The maximum Gasteiger partial charge on any atom is 0.445 e. The van der Waals surface area contributed by atoms with E-state index in [1.807, 2.05) is 13.0 Å². The Labute approximate surface area is 191 Å². The molecule has 3 aromatic rings. The van der Waals surface area contributed by atoms with E-state index in [4.69, 9.17) is 0 Å². The first-order chi connectivity index (χ1) is 15.8. The molecule has 1 amide bonds. The quantitative estimate of drug-likeness (QED) is 0.601. The molecule has 1 aliphatic heterocycles. The minimum atomic E-state index is -4.53. The van der Waals surface area contributed by atoms with E-state index in [2.05, 4.69) is 30.5 Å². The molecule has 8 nitrogen and oxygen atoms in total. The lowest BCUT2D eigenvalue weighted by molar-refractivity contribution is -0.138. The molecule has 1 N–H and O–H groups in total. The van der Waals surface area contributed by atoms with Crippen molar-refractivity contribution < 1.29 is 18.0 Å². The number of aryl methyl sites for hydroxylation is 1. The van der Waals surface area contributed by atoms with Crippen molar-refractivity contribution in [3.63, 3.8) is 0 Å². The molecule has 3 atom stereocenters. The molecule has 0 unspecified atom stereocenters. The Balaban J connectivity index is 1.39. The summed E-state index contributed by atoms with van der Waals surface area (Å²) in [6.45, 7) is 2.68. The number of halogens is 3. The lowest BCUT2D eigenvalue weighted by Gasteiger charge is -2.35. The highest BCUT2D eigenvalue weighted by molar-refractivity contribution is 7.15. The third-order valence-electron chi connectivity index (χ3n) is 5.98. The molecule has 0 bridgehead atoms. The summed E-state index contributed by atoms with van der Waals surface area (Å²) < 4.78 is 38.5. The van der Waals surface area contributed by atoms with E-state index in [1.54, 1.807) is 29.4 Å². The maximum atomic E-state index is 13.7. The van der Waals surface area contributed by atoms with Gasteiger partial charge in [0, 0.05) is 37.2 Å². The van der Waals surface area contributed by atoms with Crippen LogP contribution < -0.4 is 5.32 Å². The first-order valence-electron chi connectivity index (χ1n) is 10.5. The van der Waals surface area contributed by atoms with Gasteiger partial charge in [0.25, 0.3) is 5.91 Å². The fourth-order valence-corrected chi connectivity index (χ4v) is 4.85. The van der Waals surface area contributed by atoms with E-state index in [-0.39, 0.29) is 29.3 Å². The van der Waals surface area contributed by atoms with Crippen molar-refractivity contribution >= 4 is 22.4 Å². The summed E-state index contributed by atoms with van der Waals surface area (Å²) in [5.41, 5.74) is 1.53. The van der Waals surface area contributed by atoms with E-state index in [9.17, 15) is 18.0 Å². The fourth-order valence-electron chi connectivity index (χ4n) is 4.23. The molecule has 12 heteroatoms. The van der Waals surface area contributed by atoms with E-state index in [0.717, 1.165) is 12.8 Å². The zero-order valence-corrected chi connectivity index (χ0v) is 18.4. The molecule has 1 saturated heterocycles. The van der Waals surface area contributed by atoms with Gasteiger partial charge in [-0.3, -0.25) is 4.79 Å². The highest BCUT2D eigenvalue weighted by Crippen LogP contribution is 2.47. The van der Waals surface area contributed by atoms with Gasteiger partial charge in [0.1, 0.15) is 5.69 Å². The van der Waals surface area contributed by atoms with Gasteiger partial charge in [-0.1, -0.05) is 11.3 Å². The summed E-state index contributed by atoms with van der Waals surface area (Å²) in [4.78, 5) is 28.5. The SMILES string of the molecule is Cc1ccc(-c2ncccn2)c(C(=O)N2C[C@H]3C[C@H]3C[C@H]2CNc2nnc(C(F)(F)F)s2)n1. The molecule has 0 radical (unpaired) electrons. The minimum absolute atomic E-state index is 0.0831. The number of aromatic nitrogens is 5. The first kappa shape index (κ1) is 21.7. The number of hydrogen-bond acceptors (Lipinski definition) is 8. The molecule has 0 spiro atoms. The number of nitrogens with zero attached hydrogens (tertiary/aromatic N) is 6. The third-order valence-corrected chi connectivity index (χ3v) is 6.90. The van der Waals surface area contributed by atoms with Crippen LogP contribution in [-0.2, 0) is 6.18 Å². The number of hydrogen-bond donors (Lipinski definition) is 1. The highest BCUT2D eigenvalue weighted by atomic mass is 32.1. The average Bonchev–Trinajstić information content (AvgIpc) is 3.38. The molecule has 4 heterocycles. The Morgan fingerprint density at radius 2 is 1.97 bits per heavy atom. The van der Waals surface area contributed by atoms with Crippen LogP contribution in [0.25, 0.3) is 11.4 Å². The van der Waals surface area contributed by atoms with Crippen LogP contribution in [0.2, 0.25) is 0 Å². The molecule has 1 aliphatic carbocycles. The van der Waals surface area contributed by atoms with E-state index in [1.165, 1.54) is 0 Å². The van der Waals surface area contributed by atoms with Crippen LogP contribution in [0.4, 0.5) is 18.3 Å². The fraction of sp³-hybridized carbons (Fsp3) is 0.429. The summed E-state index contributed by atoms with van der Waals surface area (Å²) in [5.74, 6) is 1.16. The summed E-state index contributed by atoms with van der Waals surface area (Å²) in [5, 5.41) is 8.83. The van der Waals surface area contributed by atoms with Gasteiger partial charge in [0.05, 0.1) is 5.56 Å². The Morgan fingerprint density at radius 3 is 2.70 bits per heavy atom. The summed E-state index contributed by atoms with van der Waals surface area (Å²) in [6, 6.07) is 5.10. The van der Waals surface area contributed by atoms with Crippen molar-refractivity contribution in [3.8, 4) is 11.4 Å². The van der Waals surface area contributed by atoms with Crippen molar-refractivity contribution in [2.45, 2.75) is 32.0 Å². The second-order valence-electron chi connectivity index (χ2n) is 8.32. The van der Waals surface area contributed by atoms with Crippen LogP contribution in [0.3, 0.4) is 0 Å². The van der Waals surface area contributed by atoms with Crippen LogP contribution in [-0.4, -0.2) is 55.1 Å². The average molecular weight is 476 g/mol. The Kier molecular flexibility index (Phi) is 5.47. The van der Waals surface area contributed by atoms with Gasteiger partial charge in [-0.2, -0.15) is 13.2 Å². The summed E-state index contributed by atoms with van der Waals surface area (Å²) in [6.07, 6.45) is 0.509. The van der Waals surface area contributed by atoms with Crippen LogP contribution in [0.15, 0.2) is 30.6 Å². The number of carbonyl (C=O) groups excluding carboxylic acids is 1. The summed E-state index contributed by atoms with van der Waals surface area (Å²) in [7, 11) is 0. The Hall–Kier alpha value is -3.15. The Bertz CT molecular complexity index is 1170. The first-order valence-corrected chi connectivity index (χ1v) is 11.3. The standard InChI is InChI=1S/C21H20F3N7OS/c1-11-3-4-15(17-25-5-2-6-26-17)16(28-11)18(32)31-10-13-7-12(13)8-14(31)9-27-20-30-29-19(33-20)21(22,23)24/h2-6,12-14H,7-10H2,1H3,(H,27,30)/t12-,13+,14-/m0/s1. The van der Waals surface area contributed by atoms with Gasteiger partial charge in [-0.15, -0.1) is 10.2 Å². The topological polar surface area (TPSA) is 96.8 Å². The number of anilines is 1. The number of pyridine rings is 1. The number of piperidine rings is 1. The largest absolute Gasteiger partial charge is 0.445 e. The molecule has 33 heavy (non-hydrogen) atoms. The van der Waals surface area contributed by atoms with Crippen molar-refractivity contribution in [3.05, 3.63) is 47.0 Å². The van der Waals surface area contributed by atoms with Gasteiger partial charge in [-0.25, -0.2) is 15.0 Å². The molecule has 1 saturated carbocycles. The number of fused-ring (bicyclic) bond motifs is 1. The number of likely N-dealkylation sites (tertiary alicyclic amines) is 1. The van der Waals surface area contributed by atoms with E-state index in [0.29, 0.717) is 46.8 Å². The number of amides is 1. The number of alkyl halides is 3. The van der Waals surface area contributed by atoms with Crippen LogP contribution in [0.5, 0.6) is 0 Å². The molecule has 2 fully saturated rings. The second kappa shape index (κ2) is 8.32. The van der Waals surface area contributed by atoms with Gasteiger partial charge >= 0.3 is 6.18 Å². The minimum Gasteiger partial charge on any atom is -0.358 e. The number of carbonyl (C=O) groups is 1. The predicted molar refractivity (Wildman–Crippen MR) is 114 cm³/mol. The second-order valence-corrected chi connectivity index (χ2v) is 9.29. The van der Waals surface area contributed by atoms with Crippen molar-refractivity contribution in [1.82, 2.24) is 30.0 Å². The zero-order chi connectivity index (χ0) is 23.2. The summed E-state index contributed by atoms with van der Waals surface area (Å²) >= 11 is 0.457. The zero-order valence-electron chi connectivity index (χ0n) is 17.6. The van der Waals surface area contributed by atoms with Crippen molar-refractivity contribution in [2.75, 3.05) is 18.4 Å². The predicted octanol–water partition coefficient (Wildman–Crippen LogP) is 3.68. The normalized spacial score (nSPS) is 22.1. The van der Waals surface area contributed by atoms with E-state index < -0.39 is 11.2 Å². The van der Waals surface area contributed by atoms with Crippen molar-refractivity contribution in [1.29, 1.82) is 0 Å². The van der Waals surface area contributed by atoms with Crippen molar-refractivity contribution in [2.24, 2.45) is 11.8 Å². The van der Waals surface area contributed by atoms with Gasteiger partial charge < -0.3 is 10.2 Å². The highest BCUT2D eigenvalue weighted by Gasteiger charge is 2.47.